The average molecular weight is 276 g/mol. The van der Waals surface area contributed by atoms with Gasteiger partial charge in [-0.05, 0) is 12.5 Å². The van der Waals surface area contributed by atoms with Crippen LogP contribution in [0.1, 0.15) is 6.42 Å². The summed E-state index contributed by atoms with van der Waals surface area (Å²) in [6, 6.07) is 0. The summed E-state index contributed by atoms with van der Waals surface area (Å²) in [5, 5.41) is 0. The third-order valence-electron chi connectivity index (χ3n) is 3.25. The zero-order chi connectivity index (χ0) is 13.9. The molecule has 0 bridgehead atoms. The Morgan fingerprint density at radius 1 is 1.32 bits per heavy atom. The van der Waals surface area contributed by atoms with Crippen molar-refractivity contribution in [2.75, 3.05) is 40.0 Å². The van der Waals surface area contributed by atoms with Gasteiger partial charge in [-0.3, -0.25) is 4.90 Å². The maximum atomic E-state index is 12.7. The fourth-order valence-corrected chi connectivity index (χ4v) is 2.21. The summed E-state index contributed by atoms with van der Waals surface area (Å²) < 4.78 is 48.6. The van der Waals surface area contributed by atoms with Crippen molar-refractivity contribution < 1.29 is 22.6 Å². The molecular formula is C13H17F3NO2. The fraction of sp³-hybridized carbons (Fsp3) is 0.615. The zero-order valence-corrected chi connectivity index (χ0v) is 10.8. The molecular weight excluding hydrogens is 259 g/mol. The molecule has 0 N–H and O–H groups in total. The molecule has 0 saturated carbocycles. The predicted molar refractivity (Wildman–Crippen MR) is 64.3 cm³/mol. The molecule has 1 heterocycles. The summed E-state index contributed by atoms with van der Waals surface area (Å²) in [7, 11) is 1.48. The monoisotopic (exact) mass is 276 g/mol. The van der Waals surface area contributed by atoms with Crippen LogP contribution >= 0.6 is 0 Å². The molecule has 1 saturated heterocycles. The van der Waals surface area contributed by atoms with Crippen molar-refractivity contribution in [3.63, 3.8) is 0 Å². The third-order valence-corrected chi connectivity index (χ3v) is 3.25. The summed E-state index contributed by atoms with van der Waals surface area (Å²) in [4.78, 5) is 2.07. The Balaban J connectivity index is 2.13. The first-order valence-corrected chi connectivity index (χ1v) is 6.19. The van der Waals surface area contributed by atoms with Gasteiger partial charge in [-0.25, -0.2) is 0 Å². The van der Waals surface area contributed by atoms with Crippen LogP contribution in [0.4, 0.5) is 13.2 Å². The topological polar surface area (TPSA) is 21.7 Å². The molecule has 0 spiro atoms. The van der Waals surface area contributed by atoms with Crippen LogP contribution in [-0.2, 0) is 9.47 Å². The number of rotatable bonds is 3. The van der Waals surface area contributed by atoms with Crippen LogP contribution in [0, 0.1) is 6.42 Å². The fourth-order valence-electron chi connectivity index (χ4n) is 2.21. The maximum absolute atomic E-state index is 12.7. The Kier molecular flexibility index (Phi) is 4.52. The Bertz CT molecular complexity index is 382. The molecule has 6 heteroatoms. The van der Waals surface area contributed by atoms with Crippen molar-refractivity contribution in [2.45, 2.75) is 12.6 Å². The minimum Gasteiger partial charge on any atom is -0.500 e. The standard InChI is InChI=1S/C13H17F3NO2/c1-18-12-3-2-11(13(14,15)16)8-10(12)9-17-4-6-19-7-5-17/h3,8H,2,4-7,9H2,1H3. The Hall–Kier alpha value is -1.01. The number of halogens is 3. The first-order valence-electron chi connectivity index (χ1n) is 6.19. The molecule has 2 rings (SSSR count). The molecule has 0 amide bonds. The highest BCUT2D eigenvalue weighted by Gasteiger charge is 2.35. The lowest BCUT2D eigenvalue weighted by atomic mass is 9.96. The van der Waals surface area contributed by atoms with Crippen LogP contribution in [0.3, 0.4) is 0 Å². The summed E-state index contributed by atoms with van der Waals surface area (Å²) in [5.74, 6) is 0.541. The Morgan fingerprint density at radius 3 is 2.58 bits per heavy atom. The number of ether oxygens (including phenoxy) is 2. The molecule has 3 nitrogen and oxygen atoms in total. The summed E-state index contributed by atoms with van der Waals surface area (Å²) >= 11 is 0. The SMILES string of the molecule is COC1=C(CN2CCOCC2)C=C(C(F)(F)F)C[CH]1. The van der Waals surface area contributed by atoms with E-state index >= 15 is 0 Å². The molecule has 0 aromatic rings. The van der Waals surface area contributed by atoms with Crippen LogP contribution in [0.15, 0.2) is 23.0 Å². The minimum absolute atomic E-state index is 0.126. The normalized spacial score (nSPS) is 22.4. The van der Waals surface area contributed by atoms with Crippen molar-refractivity contribution in [3.8, 4) is 0 Å². The third kappa shape index (κ3) is 3.73. The second kappa shape index (κ2) is 5.96. The van der Waals surface area contributed by atoms with E-state index in [1.54, 1.807) is 0 Å². The van der Waals surface area contributed by atoms with Crippen molar-refractivity contribution in [2.24, 2.45) is 0 Å². The lowest BCUT2D eigenvalue weighted by molar-refractivity contribution is -0.0936. The van der Waals surface area contributed by atoms with Crippen molar-refractivity contribution in [3.05, 3.63) is 29.4 Å². The van der Waals surface area contributed by atoms with Crippen molar-refractivity contribution in [1.82, 2.24) is 4.90 Å². The number of methoxy groups -OCH3 is 1. The van der Waals surface area contributed by atoms with Crippen LogP contribution in [0.5, 0.6) is 0 Å². The van der Waals surface area contributed by atoms with Crippen LogP contribution in [0.2, 0.25) is 0 Å². The highest BCUT2D eigenvalue weighted by molar-refractivity contribution is 5.39. The lowest BCUT2D eigenvalue weighted by Crippen LogP contribution is -2.38. The highest BCUT2D eigenvalue weighted by atomic mass is 19.4. The second-order valence-corrected chi connectivity index (χ2v) is 4.56. The lowest BCUT2D eigenvalue weighted by Gasteiger charge is -2.29. The molecule has 1 radical (unpaired) electrons. The average Bonchev–Trinajstić information content (AvgIpc) is 2.39. The second-order valence-electron chi connectivity index (χ2n) is 4.56. The van der Waals surface area contributed by atoms with E-state index in [4.69, 9.17) is 9.47 Å². The van der Waals surface area contributed by atoms with E-state index in [2.05, 4.69) is 4.90 Å². The molecule has 19 heavy (non-hydrogen) atoms. The first-order chi connectivity index (χ1) is 9.00. The Morgan fingerprint density at radius 2 is 2.00 bits per heavy atom. The van der Waals surface area contributed by atoms with E-state index in [0.717, 1.165) is 13.1 Å². The van der Waals surface area contributed by atoms with E-state index in [9.17, 15) is 13.2 Å². The summed E-state index contributed by atoms with van der Waals surface area (Å²) in [5.41, 5.74) is 0.0690. The van der Waals surface area contributed by atoms with Crippen molar-refractivity contribution in [1.29, 1.82) is 0 Å². The van der Waals surface area contributed by atoms with Gasteiger partial charge < -0.3 is 9.47 Å². The van der Waals surface area contributed by atoms with Gasteiger partial charge in [-0.15, -0.1) is 0 Å². The molecule has 0 aromatic heterocycles. The zero-order valence-electron chi connectivity index (χ0n) is 10.8. The number of morpholine rings is 1. The molecule has 0 unspecified atom stereocenters. The number of allylic oxidation sites excluding steroid dienone is 2. The van der Waals surface area contributed by atoms with Crippen molar-refractivity contribution >= 4 is 0 Å². The summed E-state index contributed by atoms with van der Waals surface area (Å²) in [6.45, 7) is 3.16. The molecule has 107 valence electrons. The molecule has 2 aliphatic rings. The molecule has 1 aliphatic heterocycles. The van der Waals surface area contributed by atoms with Gasteiger partial charge in [0.25, 0.3) is 0 Å². The van der Waals surface area contributed by atoms with Gasteiger partial charge in [0.2, 0.25) is 0 Å². The predicted octanol–water partition coefficient (Wildman–Crippen LogP) is 2.32. The largest absolute Gasteiger partial charge is 0.500 e. The highest BCUT2D eigenvalue weighted by Crippen LogP contribution is 2.35. The van der Waals surface area contributed by atoms with Gasteiger partial charge in [-0.1, -0.05) is 0 Å². The minimum atomic E-state index is -4.27. The first kappa shape index (κ1) is 14.4. The van der Waals surface area contributed by atoms with Crippen LogP contribution in [0.25, 0.3) is 0 Å². The number of hydrogen-bond donors (Lipinski definition) is 0. The summed E-state index contributed by atoms with van der Waals surface area (Å²) in [6.07, 6.45) is -1.68. The maximum Gasteiger partial charge on any atom is 0.412 e. The van der Waals surface area contributed by atoms with Gasteiger partial charge in [0, 0.05) is 37.2 Å². The van der Waals surface area contributed by atoms with Gasteiger partial charge in [-0.2, -0.15) is 13.2 Å². The molecule has 0 atom stereocenters. The van der Waals surface area contributed by atoms with Gasteiger partial charge in [0.1, 0.15) is 5.76 Å². The van der Waals surface area contributed by atoms with E-state index in [1.165, 1.54) is 19.6 Å². The van der Waals surface area contributed by atoms with Crippen LogP contribution < -0.4 is 0 Å². The Labute approximate surface area is 110 Å². The van der Waals surface area contributed by atoms with E-state index in [-0.39, 0.29) is 6.42 Å². The smallest absolute Gasteiger partial charge is 0.412 e. The molecule has 1 aliphatic carbocycles. The van der Waals surface area contributed by atoms with E-state index in [0.29, 0.717) is 31.1 Å². The van der Waals surface area contributed by atoms with Crippen LogP contribution in [-0.4, -0.2) is 51.0 Å². The molecule has 1 fully saturated rings. The molecule has 0 aromatic carbocycles. The van der Waals surface area contributed by atoms with Gasteiger partial charge in [0.15, 0.2) is 0 Å². The van der Waals surface area contributed by atoms with Gasteiger partial charge in [0.05, 0.1) is 20.3 Å². The van der Waals surface area contributed by atoms with E-state index < -0.39 is 11.7 Å². The number of hydrogen-bond acceptors (Lipinski definition) is 3. The van der Waals surface area contributed by atoms with Gasteiger partial charge >= 0.3 is 6.18 Å². The quantitative estimate of drug-likeness (QED) is 0.789. The number of nitrogens with zero attached hydrogens (tertiary/aromatic N) is 1. The van der Waals surface area contributed by atoms with E-state index in [1.807, 2.05) is 0 Å². The number of alkyl halides is 3.